The van der Waals surface area contributed by atoms with Crippen molar-refractivity contribution >= 4 is 0 Å². The van der Waals surface area contributed by atoms with Crippen LogP contribution in [0.2, 0.25) is 0 Å². The minimum atomic E-state index is -0.152. The molecular formula is C37H54F2. The van der Waals surface area contributed by atoms with Crippen molar-refractivity contribution < 1.29 is 8.78 Å². The molecule has 0 amide bonds. The van der Waals surface area contributed by atoms with E-state index in [1.807, 2.05) is 0 Å². The van der Waals surface area contributed by atoms with Crippen LogP contribution in [-0.2, 0) is 10.8 Å². The highest BCUT2D eigenvalue weighted by molar-refractivity contribution is 5.41. The van der Waals surface area contributed by atoms with E-state index in [-0.39, 0.29) is 22.5 Å². The summed E-state index contributed by atoms with van der Waals surface area (Å²) in [6.45, 7) is 4.57. The van der Waals surface area contributed by atoms with E-state index >= 15 is 0 Å². The quantitative estimate of drug-likeness (QED) is 0.211. The average Bonchev–Trinajstić information content (AvgIpc) is 2.97. The summed E-state index contributed by atoms with van der Waals surface area (Å²) >= 11 is 0. The van der Waals surface area contributed by atoms with Gasteiger partial charge in [-0.15, -0.1) is 0 Å². The molecule has 0 nitrogen and oxygen atoms in total. The summed E-state index contributed by atoms with van der Waals surface area (Å²) < 4.78 is 28.3. The lowest BCUT2D eigenvalue weighted by molar-refractivity contribution is 0.0672. The molecule has 0 aliphatic heterocycles. The van der Waals surface area contributed by atoms with Gasteiger partial charge >= 0.3 is 0 Å². The van der Waals surface area contributed by atoms with Gasteiger partial charge in [0.1, 0.15) is 11.6 Å². The maximum atomic E-state index is 14.2. The van der Waals surface area contributed by atoms with Crippen molar-refractivity contribution in [1.29, 1.82) is 0 Å². The van der Waals surface area contributed by atoms with Crippen molar-refractivity contribution in [3.05, 3.63) is 71.3 Å². The third-order valence-corrected chi connectivity index (χ3v) is 10.8. The molecule has 2 aromatic carbocycles. The molecular weight excluding hydrogens is 482 g/mol. The van der Waals surface area contributed by atoms with Gasteiger partial charge < -0.3 is 0 Å². The lowest BCUT2D eigenvalue weighted by Gasteiger charge is -2.57. The minimum Gasteiger partial charge on any atom is -0.207 e. The first kappa shape index (κ1) is 30.3. The van der Waals surface area contributed by atoms with Gasteiger partial charge in [0, 0.05) is 10.8 Å². The summed E-state index contributed by atoms with van der Waals surface area (Å²) in [4.78, 5) is 0. The van der Waals surface area contributed by atoms with E-state index in [9.17, 15) is 8.78 Å². The van der Waals surface area contributed by atoms with Crippen LogP contribution in [0.4, 0.5) is 8.78 Å². The average molecular weight is 537 g/mol. The zero-order chi connectivity index (χ0) is 27.6. The van der Waals surface area contributed by atoms with E-state index in [2.05, 4.69) is 38.1 Å². The summed E-state index contributed by atoms with van der Waals surface area (Å²) in [6.07, 6.45) is 24.5. The van der Waals surface area contributed by atoms with Crippen LogP contribution < -0.4 is 0 Å². The summed E-state index contributed by atoms with van der Waals surface area (Å²) in [5, 5.41) is 0. The standard InChI is InChI=1S/C37H54F2/c1-3-5-7-9-11-13-31-24-28-37(29-25-31,33-16-20-35(39)21-17-33)36(32-14-18-34(38)19-15-32)26-22-30(23-27-36)12-10-8-6-4-2/h14-21,30-31H,3-13,22-29H2,1-2H3. The van der Waals surface area contributed by atoms with Gasteiger partial charge in [0.15, 0.2) is 0 Å². The minimum absolute atomic E-state index is 0.00938. The summed E-state index contributed by atoms with van der Waals surface area (Å²) in [7, 11) is 0. The summed E-state index contributed by atoms with van der Waals surface area (Å²) in [5.41, 5.74) is 2.61. The van der Waals surface area contributed by atoms with Crippen LogP contribution in [0.1, 0.15) is 147 Å². The molecule has 39 heavy (non-hydrogen) atoms. The second kappa shape index (κ2) is 14.8. The van der Waals surface area contributed by atoms with Gasteiger partial charge in [-0.25, -0.2) is 8.78 Å². The Bertz CT molecular complexity index is 944. The maximum absolute atomic E-state index is 14.2. The molecule has 2 heteroatoms. The number of benzene rings is 2. The largest absolute Gasteiger partial charge is 0.207 e. The molecule has 0 unspecified atom stereocenters. The third-order valence-electron chi connectivity index (χ3n) is 10.8. The van der Waals surface area contributed by atoms with Crippen molar-refractivity contribution in [2.24, 2.45) is 11.8 Å². The van der Waals surface area contributed by atoms with Crippen LogP contribution in [0.3, 0.4) is 0 Å². The fraction of sp³-hybridized carbons (Fsp3) is 0.676. The number of unbranched alkanes of at least 4 members (excludes halogenated alkanes) is 7. The number of hydrogen-bond acceptors (Lipinski definition) is 0. The van der Waals surface area contributed by atoms with Gasteiger partial charge in [-0.3, -0.25) is 0 Å². The van der Waals surface area contributed by atoms with Gasteiger partial charge in [-0.2, -0.15) is 0 Å². The molecule has 4 rings (SSSR count). The van der Waals surface area contributed by atoms with E-state index < -0.39 is 0 Å². The molecule has 2 saturated carbocycles. The van der Waals surface area contributed by atoms with Crippen LogP contribution in [-0.4, -0.2) is 0 Å². The van der Waals surface area contributed by atoms with Crippen LogP contribution in [0.5, 0.6) is 0 Å². The summed E-state index contributed by atoms with van der Waals surface area (Å²) in [6, 6.07) is 15.0. The van der Waals surface area contributed by atoms with Gasteiger partial charge in [0.25, 0.3) is 0 Å². The highest BCUT2D eigenvalue weighted by atomic mass is 19.1. The van der Waals surface area contributed by atoms with E-state index in [4.69, 9.17) is 0 Å². The number of hydrogen-bond donors (Lipinski definition) is 0. The lowest BCUT2D eigenvalue weighted by atomic mass is 9.46. The molecule has 0 heterocycles. The molecule has 0 N–H and O–H groups in total. The molecule has 0 atom stereocenters. The fourth-order valence-electron chi connectivity index (χ4n) is 8.44. The van der Waals surface area contributed by atoms with E-state index in [0.717, 1.165) is 37.5 Å². The second-order valence-electron chi connectivity index (χ2n) is 13.1. The molecule has 0 spiro atoms. The highest BCUT2D eigenvalue weighted by Gasteiger charge is 2.55. The second-order valence-corrected chi connectivity index (χ2v) is 13.1. The van der Waals surface area contributed by atoms with Crippen molar-refractivity contribution in [2.45, 2.75) is 147 Å². The Balaban J connectivity index is 1.60. The van der Waals surface area contributed by atoms with Gasteiger partial charge in [-0.1, -0.05) is 109 Å². The Kier molecular flexibility index (Phi) is 11.5. The zero-order valence-electron chi connectivity index (χ0n) is 25.0. The Morgan fingerprint density at radius 3 is 1.21 bits per heavy atom. The molecule has 0 bridgehead atoms. The Morgan fingerprint density at radius 2 is 0.846 bits per heavy atom. The van der Waals surface area contributed by atoms with Gasteiger partial charge in [-0.05, 0) is 98.6 Å². The van der Waals surface area contributed by atoms with E-state index in [1.54, 1.807) is 24.3 Å². The smallest absolute Gasteiger partial charge is 0.123 e. The molecule has 2 aliphatic carbocycles. The number of halogens is 2. The van der Waals surface area contributed by atoms with Crippen molar-refractivity contribution in [3.8, 4) is 0 Å². The maximum Gasteiger partial charge on any atom is 0.123 e. The third kappa shape index (κ3) is 7.34. The first-order valence-electron chi connectivity index (χ1n) is 16.5. The SMILES string of the molecule is CCCCCCCC1CCC(c2ccc(F)cc2)(C2(c3ccc(F)cc3)CCC(CCCCCC)CC2)CC1. The van der Waals surface area contributed by atoms with Crippen LogP contribution in [0.15, 0.2) is 48.5 Å². The van der Waals surface area contributed by atoms with Gasteiger partial charge in [0.05, 0.1) is 0 Å². The number of rotatable bonds is 14. The fourth-order valence-corrected chi connectivity index (χ4v) is 8.44. The predicted octanol–water partition coefficient (Wildman–Crippen LogP) is 11.9. The van der Waals surface area contributed by atoms with Crippen molar-refractivity contribution in [2.75, 3.05) is 0 Å². The summed E-state index contributed by atoms with van der Waals surface area (Å²) in [5.74, 6) is 1.31. The Morgan fingerprint density at radius 1 is 0.513 bits per heavy atom. The van der Waals surface area contributed by atoms with Crippen molar-refractivity contribution in [1.82, 2.24) is 0 Å². The highest BCUT2D eigenvalue weighted by Crippen LogP contribution is 2.60. The lowest BCUT2D eigenvalue weighted by Crippen LogP contribution is -2.53. The van der Waals surface area contributed by atoms with Crippen molar-refractivity contribution in [3.63, 3.8) is 0 Å². The molecule has 2 aromatic rings. The van der Waals surface area contributed by atoms with E-state index in [1.165, 1.54) is 107 Å². The van der Waals surface area contributed by atoms with Crippen LogP contribution >= 0.6 is 0 Å². The molecule has 0 aromatic heterocycles. The normalized spacial score (nSPS) is 27.5. The monoisotopic (exact) mass is 536 g/mol. The Hall–Kier alpha value is -1.70. The van der Waals surface area contributed by atoms with E-state index in [0.29, 0.717) is 0 Å². The Labute approximate surface area is 238 Å². The first-order chi connectivity index (χ1) is 19.0. The molecule has 0 saturated heterocycles. The molecule has 0 radical (unpaired) electrons. The topological polar surface area (TPSA) is 0 Å². The van der Waals surface area contributed by atoms with Crippen LogP contribution in [0.25, 0.3) is 0 Å². The molecule has 2 fully saturated rings. The zero-order valence-corrected chi connectivity index (χ0v) is 25.0. The van der Waals surface area contributed by atoms with Gasteiger partial charge in [0.2, 0.25) is 0 Å². The first-order valence-corrected chi connectivity index (χ1v) is 16.5. The molecule has 2 aliphatic rings. The van der Waals surface area contributed by atoms with Crippen LogP contribution in [0, 0.1) is 23.5 Å². The molecule has 216 valence electrons. The predicted molar refractivity (Wildman–Crippen MR) is 162 cm³/mol.